The number of nitrogens with zero attached hydrogens (tertiary/aromatic N) is 2. The quantitative estimate of drug-likeness (QED) is 0.590. The van der Waals surface area contributed by atoms with E-state index in [0.717, 1.165) is 13.1 Å². The van der Waals surface area contributed by atoms with Crippen molar-refractivity contribution in [1.82, 2.24) is 10.2 Å². The molecular weight excluding hydrogens is 224 g/mol. The minimum Gasteiger partial charge on any atom is -0.370 e. The van der Waals surface area contributed by atoms with Crippen LogP contribution >= 0.6 is 0 Å². The summed E-state index contributed by atoms with van der Waals surface area (Å²) in [6.45, 7) is 10.00. The van der Waals surface area contributed by atoms with Crippen LogP contribution in [0.3, 0.4) is 0 Å². The van der Waals surface area contributed by atoms with Crippen molar-refractivity contribution >= 4 is 5.96 Å². The number of nitrogens with one attached hydrogen (secondary N) is 1. The van der Waals surface area contributed by atoms with Gasteiger partial charge in [-0.15, -0.1) is 0 Å². The summed E-state index contributed by atoms with van der Waals surface area (Å²) < 4.78 is 0. The van der Waals surface area contributed by atoms with Crippen molar-refractivity contribution in [1.29, 1.82) is 0 Å². The zero-order valence-corrected chi connectivity index (χ0v) is 12.1. The lowest BCUT2D eigenvalue weighted by atomic mass is 9.67. The first-order valence-electron chi connectivity index (χ1n) is 7.33. The number of hydrogen-bond donors (Lipinski definition) is 2. The third-order valence-corrected chi connectivity index (χ3v) is 4.72. The first-order chi connectivity index (χ1) is 8.53. The van der Waals surface area contributed by atoms with Crippen LogP contribution in [-0.4, -0.2) is 42.6 Å². The third-order valence-electron chi connectivity index (χ3n) is 4.72. The van der Waals surface area contributed by atoms with Crippen molar-refractivity contribution in [2.24, 2.45) is 16.1 Å². The number of nitrogens with two attached hydrogens (primary N) is 1. The van der Waals surface area contributed by atoms with Crippen LogP contribution in [0.4, 0.5) is 0 Å². The van der Waals surface area contributed by atoms with E-state index >= 15 is 0 Å². The highest BCUT2D eigenvalue weighted by molar-refractivity contribution is 5.78. The topological polar surface area (TPSA) is 53.6 Å². The second-order valence-electron chi connectivity index (χ2n) is 6.37. The van der Waals surface area contributed by atoms with Crippen molar-refractivity contribution in [2.75, 3.05) is 19.6 Å². The molecule has 0 amide bonds. The molecule has 2 rings (SSSR count). The number of guanidine groups is 1. The minimum absolute atomic E-state index is 0.378. The summed E-state index contributed by atoms with van der Waals surface area (Å²) in [5.74, 6) is 0.635. The molecule has 1 saturated carbocycles. The molecule has 18 heavy (non-hydrogen) atoms. The Kier molecular flexibility index (Phi) is 4.15. The van der Waals surface area contributed by atoms with Gasteiger partial charge >= 0.3 is 0 Å². The lowest BCUT2D eigenvalue weighted by molar-refractivity contribution is 0.126. The molecule has 4 nitrogen and oxygen atoms in total. The van der Waals surface area contributed by atoms with E-state index in [-0.39, 0.29) is 0 Å². The molecule has 1 aliphatic carbocycles. The molecule has 2 aliphatic rings. The average molecular weight is 252 g/mol. The summed E-state index contributed by atoms with van der Waals surface area (Å²) in [5, 5.41) is 3.37. The van der Waals surface area contributed by atoms with Gasteiger partial charge in [-0.3, -0.25) is 9.89 Å². The summed E-state index contributed by atoms with van der Waals surface area (Å²) in [4.78, 5) is 7.04. The van der Waals surface area contributed by atoms with Crippen LogP contribution in [0.25, 0.3) is 0 Å². The molecule has 2 atom stereocenters. The molecule has 0 aromatic heterocycles. The van der Waals surface area contributed by atoms with Gasteiger partial charge in [-0.2, -0.15) is 0 Å². The Bertz CT molecular complexity index is 311. The van der Waals surface area contributed by atoms with Crippen molar-refractivity contribution in [2.45, 2.75) is 58.5 Å². The largest absolute Gasteiger partial charge is 0.370 e. The van der Waals surface area contributed by atoms with E-state index in [4.69, 9.17) is 5.73 Å². The molecule has 0 aromatic rings. The lowest BCUT2D eigenvalue weighted by Gasteiger charge is -2.45. The summed E-state index contributed by atoms with van der Waals surface area (Å²) in [6, 6.07) is 1.11. The van der Waals surface area contributed by atoms with Crippen molar-refractivity contribution < 1.29 is 0 Å². The number of rotatable bonds is 4. The first-order valence-corrected chi connectivity index (χ1v) is 7.33. The van der Waals surface area contributed by atoms with Gasteiger partial charge in [0.15, 0.2) is 5.96 Å². The molecular formula is C14H28N4. The zero-order valence-electron chi connectivity index (χ0n) is 12.1. The Balaban J connectivity index is 1.78. The predicted molar refractivity (Wildman–Crippen MR) is 76.7 cm³/mol. The van der Waals surface area contributed by atoms with Crippen LogP contribution in [0.2, 0.25) is 0 Å². The molecule has 2 unspecified atom stereocenters. The van der Waals surface area contributed by atoms with Gasteiger partial charge < -0.3 is 11.1 Å². The Morgan fingerprint density at radius 2 is 2.22 bits per heavy atom. The minimum atomic E-state index is 0.378. The molecule has 1 saturated heterocycles. The molecule has 3 N–H and O–H groups in total. The summed E-state index contributed by atoms with van der Waals surface area (Å²) >= 11 is 0. The fourth-order valence-electron chi connectivity index (χ4n) is 3.08. The molecule has 0 bridgehead atoms. The van der Waals surface area contributed by atoms with Gasteiger partial charge in [-0.05, 0) is 44.2 Å². The van der Waals surface area contributed by atoms with Crippen LogP contribution in [-0.2, 0) is 0 Å². The highest BCUT2D eigenvalue weighted by atomic mass is 15.2. The van der Waals surface area contributed by atoms with E-state index in [1.165, 1.54) is 32.2 Å². The van der Waals surface area contributed by atoms with Crippen LogP contribution in [0.15, 0.2) is 4.99 Å². The third kappa shape index (κ3) is 2.97. The van der Waals surface area contributed by atoms with Crippen molar-refractivity contribution in [3.8, 4) is 0 Å². The van der Waals surface area contributed by atoms with E-state index in [2.05, 4.69) is 36.0 Å². The van der Waals surface area contributed by atoms with Crippen LogP contribution < -0.4 is 11.1 Å². The maximum Gasteiger partial charge on any atom is 0.188 e. The van der Waals surface area contributed by atoms with Crippen molar-refractivity contribution in [3.05, 3.63) is 0 Å². The van der Waals surface area contributed by atoms with E-state index in [1.54, 1.807) is 0 Å². The maximum absolute atomic E-state index is 5.99. The zero-order chi connectivity index (χ0) is 13.2. The fraction of sp³-hybridized carbons (Fsp3) is 0.929. The monoisotopic (exact) mass is 252 g/mol. The average Bonchev–Trinajstić information content (AvgIpc) is 2.79. The standard InChI is InChI=1S/C14H28N4/c1-4-18-9-5-6-11(18)10-16-13(15)17-12-7-8-14(12,2)3/h11-12H,4-10H2,1-3H3,(H3,15,16,17). The highest BCUT2D eigenvalue weighted by Crippen LogP contribution is 2.39. The summed E-state index contributed by atoms with van der Waals surface area (Å²) in [7, 11) is 0. The summed E-state index contributed by atoms with van der Waals surface area (Å²) in [5.41, 5.74) is 6.37. The Morgan fingerprint density at radius 1 is 1.44 bits per heavy atom. The number of likely N-dealkylation sites (N-methyl/N-ethyl adjacent to an activating group) is 1. The van der Waals surface area contributed by atoms with Gasteiger partial charge in [0.1, 0.15) is 0 Å². The fourth-order valence-corrected chi connectivity index (χ4v) is 3.08. The van der Waals surface area contributed by atoms with E-state index in [9.17, 15) is 0 Å². The van der Waals surface area contributed by atoms with Gasteiger partial charge in [0, 0.05) is 12.1 Å². The van der Waals surface area contributed by atoms with Crippen molar-refractivity contribution in [3.63, 3.8) is 0 Å². The lowest BCUT2D eigenvalue weighted by Crippen LogP contribution is -2.54. The van der Waals surface area contributed by atoms with E-state index in [0.29, 0.717) is 23.5 Å². The van der Waals surface area contributed by atoms with Crippen LogP contribution in [0, 0.1) is 5.41 Å². The second kappa shape index (κ2) is 5.47. The molecule has 1 heterocycles. The first kappa shape index (κ1) is 13.7. The van der Waals surface area contributed by atoms with Gasteiger partial charge in [0.25, 0.3) is 0 Å². The number of hydrogen-bond acceptors (Lipinski definition) is 2. The van der Waals surface area contributed by atoms with E-state index in [1.807, 2.05) is 0 Å². The summed E-state index contributed by atoms with van der Waals surface area (Å²) in [6.07, 6.45) is 5.06. The molecule has 0 radical (unpaired) electrons. The Hall–Kier alpha value is -0.770. The molecule has 4 heteroatoms. The smallest absolute Gasteiger partial charge is 0.188 e. The second-order valence-corrected chi connectivity index (χ2v) is 6.37. The highest BCUT2D eigenvalue weighted by Gasteiger charge is 2.38. The van der Waals surface area contributed by atoms with Gasteiger partial charge in [-0.25, -0.2) is 0 Å². The SMILES string of the molecule is CCN1CCCC1CN=C(N)NC1CCC1(C)C. The predicted octanol–water partition coefficient (Wildman–Crippen LogP) is 1.56. The number of likely N-dealkylation sites (tertiary alicyclic amines) is 1. The van der Waals surface area contributed by atoms with Crippen LogP contribution in [0.1, 0.15) is 46.5 Å². The molecule has 104 valence electrons. The maximum atomic E-state index is 5.99. The molecule has 1 aliphatic heterocycles. The van der Waals surface area contributed by atoms with Gasteiger partial charge in [0.05, 0.1) is 6.54 Å². The molecule has 0 spiro atoms. The van der Waals surface area contributed by atoms with Gasteiger partial charge in [-0.1, -0.05) is 20.8 Å². The van der Waals surface area contributed by atoms with Gasteiger partial charge in [0.2, 0.25) is 0 Å². The number of aliphatic imine (C=N–C) groups is 1. The van der Waals surface area contributed by atoms with E-state index < -0.39 is 0 Å². The Labute approximate surface area is 111 Å². The van der Waals surface area contributed by atoms with Crippen LogP contribution in [0.5, 0.6) is 0 Å². The molecule has 0 aromatic carbocycles. The Morgan fingerprint density at radius 3 is 2.78 bits per heavy atom. The molecule has 2 fully saturated rings. The normalized spacial score (nSPS) is 32.3.